The van der Waals surface area contributed by atoms with Crippen molar-refractivity contribution in [2.24, 2.45) is 5.92 Å². The van der Waals surface area contributed by atoms with Gasteiger partial charge in [-0.05, 0) is 30.7 Å². The van der Waals surface area contributed by atoms with Gasteiger partial charge in [0.05, 0.1) is 12.3 Å². The van der Waals surface area contributed by atoms with Crippen molar-refractivity contribution >= 4 is 11.9 Å². The lowest BCUT2D eigenvalue weighted by molar-refractivity contribution is -0.148. The number of carbonyl (C=O) groups is 2. The molecule has 1 rings (SSSR count). The van der Waals surface area contributed by atoms with Gasteiger partial charge in [0, 0.05) is 6.54 Å². The van der Waals surface area contributed by atoms with Crippen LogP contribution in [0.5, 0.6) is 0 Å². The van der Waals surface area contributed by atoms with E-state index in [1.54, 1.807) is 12.1 Å². The van der Waals surface area contributed by atoms with Gasteiger partial charge < -0.3 is 15.5 Å². The molecule has 19 heavy (non-hydrogen) atoms. The predicted octanol–water partition coefficient (Wildman–Crippen LogP) is 1.13. The zero-order valence-corrected chi connectivity index (χ0v) is 10.3. The van der Waals surface area contributed by atoms with Crippen LogP contribution in [0.1, 0.15) is 12.0 Å². The largest absolute Gasteiger partial charge is 0.481 e. The number of halogens is 1. The Labute approximate surface area is 110 Å². The maximum atomic E-state index is 12.7. The molecule has 0 amide bonds. The normalized spacial score (nSPS) is 12.1. The minimum atomic E-state index is -1.13. The van der Waals surface area contributed by atoms with Gasteiger partial charge in [-0.25, -0.2) is 4.39 Å². The summed E-state index contributed by atoms with van der Waals surface area (Å²) in [5.74, 6) is -3.50. The molecule has 3 N–H and O–H groups in total. The Hall–Kier alpha value is -1.95. The Kier molecular flexibility index (Phi) is 5.95. The van der Waals surface area contributed by atoms with Gasteiger partial charge in [-0.1, -0.05) is 12.1 Å². The third kappa shape index (κ3) is 5.96. The third-order valence-corrected chi connectivity index (χ3v) is 2.66. The quantitative estimate of drug-likeness (QED) is 0.616. The highest BCUT2D eigenvalue weighted by molar-refractivity contribution is 5.77. The molecule has 1 atom stereocenters. The smallest absolute Gasteiger partial charge is 0.308 e. The molecule has 0 aliphatic rings. The lowest BCUT2D eigenvalue weighted by Gasteiger charge is -2.11. The summed E-state index contributed by atoms with van der Waals surface area (Å²) in [6.45, 7) is 0.609. The van der Waals surface area contributed by atoms with Gasteiger partial charge in [-0.2, -0.15) is 0 Å². The molecule has 0 spiro atoms. The van der Waals surface area contributed by atoms with Crippen LogP contribution in [0.25, 0.3) is 0 Å². The second kappa shape index (κ2) is 7.48. The van der Waals surface area contributed by atoms with Gasteiger partial charge in [0.1, 0.15) is 5.82 Å². The van der Waals surface area contributed by atoms with Crippen LogP contribution in [0.4, 0.5) is 4.39 Å². The molecule has 0 heterocycles. The fourth-order valence-corrected chi connectivity index (χ4v) is 1.62. The van der Waals surface area contributed by atoms with E-state index in [1.165, 1.54) is 12.1 Å². The lowest BCUT2D eigenvalue weighted by Crippen LogP contribution is -2.31. The van der Waals surface area contributed by atoms with Crippen molar-refractivity contribution in [1.29, 1.82) is 0 Å². The SMILES string of the molecule is O=C(O)CC(CNCCc1ccc(F)cc1)C(=O)O. The molecule has 104 valence electrons. The molecule has 0 radical (unpaired) electrons. The van der Waals surface area contributed by atoms with Gasteiger partial charge in [-0.15, -0.1) is 0 Å². The second-order valence-electron chi connectivity index (χ2n) is 4.21. The number of nitrogens with one attached hydrogen (secondary N) is 1. The molecule has 0 aliphatic carbocycles. The summed E-state index contributed by atoms with van der Waals surface area (Å²) in [7, 11) is 0. The standard InChI is InChI=1S/C13H16FNO4/c14-11-3-1-9(2-4-11)5-6-15-8-10(13(18)19)7-12(16)17/h1-4,10,15H,5-8H2,(H,16,17)(H,18,19). The molecule has 6 heteroatoms. The van der Waals surface area contributed by atoms with E-state index in [0.717, 1.165) is 5.56 Å². The topological polar surface area (TPSA) is 86.6 Å². The highest BCUT2D eigenvalue weighted by Gasteiger charge is 2.20. The van der Waals surface area contributed by atoms with E-state index in [-0.39, 0.29) is 12.4 Å². The van der Waals surface area contributed by atoms with Gasteiger partial charge in [0.2, 0.25) is 0 Å². The van der Waals surface area contributed by atoms with Crippen molar-refractivity contribution in [3.05, 3.63) is 35.6 Å². The van der Waals surface area contributed by atoms with Crippen molar-refractivity contribution in [2.75, 3.05) is 13.1 Å². The second-order valence-corrected chi connectivity index (χ2v) is 4.21. The Morgan fingerprint density at radius 3 is 2.37 bits per heavy atom. The lowest BCUT2D eigenvalue weighted by atomic mass is 10.1. The molecular formula is C13H16FNO4. The highest BCUT2D eigenvalue weighted by atomic mass is 19.1. The molecule has 0 bridgehead atoms. The Balaban J connectivity index is 2.30. The number of benzene rings is 1. The molecule has 0 saturated carbocycles. The van der Waals surface area contributed by atoms with Crippen LogP contribution in [-0.2, 0) is 16.0 Å². The third-order valence-electron chi connectivity index (χ3n) is 2.66. The van der Waals surface area contributed by atoms with Gasteiger partial charge in [-0.3, -0.25) is 9.59 Å². The number of aliphatic carboxylic acids is 2. The van der Waals surface area contributed by atoms with Crippen molar-refractivity contribution in [1.82, 2.24) is 5.32 Å². The van der Waals surface area contributed by atoms with Crippen LogP contribution < -0.4 is 5.32 Å². The highest BCUT2D eigenvalue weighted by Crippen LogP contribution is 2.04. The van der Waals surface area contributed by atoms with E-state index in [4.69, 9.17) is 10.2 Å². The summed E-state index contributed by atoms with van der Waals surface area (Å²) in [5.41, 5.74) is 0.930. The van der Waals surface area contributed by atoms with E-state index in [2.05, 4.69) is 5.32 Å². The van der Waals surface area contributed by atoms with Crippen molar-refractivity contribution in [2.45, 2.75) is 12.8 Å². The van der Waals surface area contributed by atoms with Gasteiger partial charge >= 0.3 is 11.9 Å². The number of hydrogen-bond acceptors (Lipinski definition) is 3. The summed E-state index contributed by atoms with van der Waals surface area (Å²) >= 11 is 0. The molecule has 0 aromatic heterocycles. The van der Waals surface area contributed by atoms with Crippen molar-refractivity contribution in [3.8, 4) is 0 Å². The van der Waals surface area contributed by atoms with Crippen LogP contribution >= 0.6 is 0 Å². The summed E-state index contributed by atoms with van der Waals surface area (Å²) in [4.78, 5) is 21.3. The van der Waals surface area contributed by atoms with E-state index in [0.29, 0.717) is 13.0 Å². The van der Waals surface area contributed by atoms with Crippen LogP contribution in [-0.4, -0.2) is 35.2 Å². The Bertz CT molecular complexity index is 433. The number of rotatable bonds is 8. The van der Waals surface area contributed by atoms with E-state index in [9.17, 15) is 14.0 Å². The van der Waals surface area contributed by atoms with E-state index in [1.807, 2.05) is 0 Å². The first kappa shape index (κ1) is 15.1. The van der Waals surface area contributed by atoms with Crippen LogP contribution in [0.15, 0.2) is 24.3 Å². The van der Waals surface area contributed by atoms with Gasteiger partial charge in [0.15, 0.2) is 0 Å². The zero-order chi connectivity index (χ0) is 14.3. The Morgan fingerprint density at radius 2 is 1.84 bits per heavy atom. The maximum absolute atomic E-state index is 12.7. The zero-order valence-electron chi connectivity index (χ0n) is 10.3. The summed E-state index contributed by atoms with van der Waals surface area (Å²) < 4.78 is 12.7. The first-order chi connectivity index (χ1) is 8.99. The molecular weight excluding hydrogens is 253 g/mol. The summed E-state index contributed by atoms with van der Waals surface area (Å²) in [6.07, 6.45) is 0.221. The minimum Gasteiger partial charge on any atom is -0.481 e. The van der Waals surface area contributed by atoms with Crippen molar-refractivity contribution < 1.29 is 24.2 Å². The molecule has 0 fully saturated rings. The van der Waals surface area contributed by atoms with Crippen LogP contribution in [0.3, 0.4) is 0 Å². The summed E-state index contributed by atoms with van der Waals surface area (Å²) in [6, 6.07) is 6.03. The molecule has 5 nitrogen and oxygen atoms in total. The molecule has 0 saturated heterocycles. The monoisotopic (exact) mass is 269 g/mol. The first-order valence-corrected chi connectivity index (χ1v) is 5.89. The Morgan fingerprint density at radius 1 is 1.21 bits per heavy atom. The maximum Gasteiger partial charge on any atom is 0.308 e. The fraction of sp³-hybridized carbons (Fsp3) is 0.385. The molecule has 1 aromatic carbocycles. The fourth-order valence-electron chi connectivity index (χ4n) is 1.62. The van der Waals surface area contributed by atoms with E-state index < -0.39 is 24.3 Å². The van der Waals surface area contributed by atoms with Crippen molar-refractivity contribution in [3.63, 3.8) is 0 Å². The average molecular weight is 269 g/mol. The molecule has 0 aliphatic heterocycles. The molecule has 1 aromatic rings. The molecule has 1 unspecified atom stereocenters. The van der Waals surface area contributed by atoms with E-state index >= 15 is 0 Å². The number of hydrogen-bond donors (Lipinski definition) is 3. The predicted molar refractivity (Wildman–Crippen MR) is 66.4 cm³/mol. The number of carboxylic acid groups (broad SMARTS) is 2. The average Bonchev–Trinajstić information content (AvgIpc) is 2.34. The van der Waals surface area contributed by atoms with Crippen LogP contribution in [0, 0.1) is 11.7 Å². The van der Waals surface area contributed by atoms with Crippen LogP contribution in [0.2, 0.25) is 0 Å². The number of carboxylic acids is 2. The summed E-state index contributed by atoms with van der Waals surface area (Å²) in [5, 5.41) is 20.3. The van der Waals surface area contributed by atoms with Gasteiger partial charge in [0.25, 0.3) is 0 Å². The minimum absolute atomic E-state index is 0.100. The first-order valence-electron chi connectivity index (χ1n) is 5.89.